The predicted octanol–water partition coefficient (Wildman–Crippen LogP) is 3.66. The van der Waals surface area contributed by atoms with Gasteiger partial charge in [-0.05, 0) is 80.0 Å². The van der Waals surface area contributed by atoms with Crippen LogP contribution in [-0.2, 0) is 9.59 Å². The van der Waals surface area contributed by atoms with Gasteiger partial charge in [-0.25, -0.2) is 0 Å². The number of Topliss-reactive ketones (excluding diaryl/α,β-unsaturated/α-hetero) is 1. The zero-order chi connectivity index (χ0) is 21.1. The molecule has 0 amide bonds. The average molecular weight is 407 g/mol. The van der Waals surface area contributed by atoms with Gasteiger partial charge < -0.3 is 15.3 Å². The molecule has 3 N–H and O–H groups in total. The van der Waals surface area contributed by atoms with E-state index in [1.165, 1.54) is 0 Å². The number of aliphatic hydroxyl groups is 2. The Kier molecular flexibility index (Phi) is 5.39. The summed E-state index contributed by atoms with van der Waals surface area (Å²) in [6.45, 7) is 6.62. The molecule has 4 rings (SSSR count). The van der Waals surface area contributed by atoms with Crippen molar-refractivity contribution in [2.24, 2.45) is 46.3 Å². The largest absolute Gasteiger partial charge is 0.481 e. The third-order valence-electron chi connectivity index (χ3n) is 10.1. The fourth-order valence-electron chi connectivity index (χ4n) is 8.40. The Labute approximate surface area is 174 Å². The highest BCUT2D eigenvalue weighted by atomic mass is 16.4. The molecule has 5 heteroatoms. The first kappa shape index (κ1) is 21.3. The minimum absolute atomic E-state index is 0.0246. The Balaban J connectivity index is 1.62. The van der Waals surface area contributed by atoms with Crippen LogP contribution < -0.4 is 0 Å². The van der Waals surface area contributed by atoms with E-state index >= 15 is 0 Å². The van der Waals surface area contributed by atoms with Crippen LogP contribution in [0.4, 0.5) is 0 Å². The van der Waals surface area contributed by atoms with Gasteiger partial charge in [0, 0.05) is 24.2 Å². The molecule has 0 radical (unpaired) electrons. The number of aliphatic carboxylic acids is 1. The third kappa shape index (κ3) is 3.18. The molecule has 4 saturated carbocycles. The van der Waals surface area contributed by atoms with Crippen LogP contribution >= 0.6 is 0 Å². The van der Waals surface area contributed by atoms with Crippen molar-refractivity contribution in [3.05, 3.63) is 0 Å². The van der Waals surface area contributed by atoms with Gasteiger partial charge in [-0.2, -0.15) is 0 Å². The molecule has 4 aliphatic carbocycles. The molecule has 5 nitrogen and oxygen atoms in total. The molecule has 4 aliphatic rings. The maximum absolute atomic E-state index is 13.4. The quantitative estimate of drug-likeness (QED) is 0.662. The van der Waals surface area contributed by atoms with Gasteiger partial charge in [0.05, 0.1) is 12.2 Å². The summed E-state index contributed by atoms with van der Waals surface area (Å²) < 4.78 is 0. The molecule has 0 spiro atoms. The number of ketones is 1. The molecular weight excluding hydrogens is 368 g/mol. The molecule has 0 aromatic carbocycles. The highest BCUT2D eigenvalue weighted by molar-refractivity contribution is 5.83. The van der Waals surface area contributed by atoms with Crippen LogP contribution in [0.1, 0.15) is 78.6 Å². The minimum atomic E-state index is -0.762. The third-order valence-corrected chi connectivity index (χ3v) is 10.1. The zero-order valence-corrected chi connectivity index (χ0v) is 18.1. The smallest absolute Gasteiger partial charge is 0.303 e. The van der Waals surface area contributed by atoms with Crippen LogP contribution in [0.5, 0.6) is 0 Å². The fourth-order valence-corrected chi connectivity index (χ4v) is 8.40. The molecule has 0 bridgehead atoms. The lowest BCUT2D eigenvalue weighted by atomic mass is 9.43. The van der Waals surface area contributed by atoms with Crippen molar-refractivity contribution >= 4 is 11.8 Å². The van der Waals surface area contributed by atoms with Crippen LogP contribution in [0.3, 0.4) is 0 Å². The zero-order valence-electron chi connectivity index (χ0n) is 18.1. The van der Waals surface area contributed by atoms with Gasteiger partial charge >= 0.3 is 5.97 Å². The van der Waals surface area contributed by atoms with Crippen LogP contribution in [0.25, 0.3) is 0 Å². The molecule has 0 aromatic rings. The predicted molar refractivity (Wildman–Crippen MR) is 109 cm³/mol. The van der Waals surface area contributed by atoms with Gasteiger partial charge in [-0.15, -0.1) is 0 Å². The number of carbonyl (C=O) groups excluding carboxylic acids is 1. The molecule has 0 heterocycles. The average Bonchev–Trinajstić information content (AvgIpc) is 3.01. The first-order valence-corrected chi connectivity index (χ1v) is 11.7. The van der Waals surface area contributed by atoms with Gasteiger partial charge in [-0.1, -0.05) is 20.8 Å². The lowest BCUT2D eigenvalue weighted by molar-refractivity contribution is -0.182. The van der Waals surface area contributed by atoms with E-state index in [0.29, 0.717) is 25.0 Å². The Morgan fingerprint density at radius 1 is 1.14 bits per heavy atom. The van der Waals surface area contributed by atoms with Crippen molar-refractivity contribution in [3.8, 4) is 0 Å². The minimum Gasteiger partial charge on any atom is -0.481 e. The molecule has 0 aromatic heterocycles. The highest BCUT2D eigenvalue weighted by Gasteiger charge is 2.65. The summed E-state index contributed by atoms with van der Waals surface area (Å²) in [6.07, 6.45) is 5.74. The van der Waals surface area contributed by atoms with Crippen molar-refractivity contribution in [2.75, 3.05) is 0 Å². The van der Waals surface area contributed by atoms with Crippen molar-refractivity contribution in [1.82, 2.24) is 0 Å². The Morgan fingerprint density at radius 3 is 2.55 bits per heavy atom. The van der Waals surface area contributed by atoms with E-state index in [0.717, 1.165) is 32.1 Å². The van der Waals surface area contributed by atoms with Crippen LogP contribution in [0, 0.1) is 46.3 Å². The number of carboxylic acids is 1. The van der Waals surface area contributed by atoms with Crippen LogP contribution in [-0.4, -0.2) is 39.3 Å². The van der Waals surface area contributed by atoms with Crippen molar-refractivity contribution < 1.29 is 24.9 Å². The first-order chi connectivity index (χ1) is 13.6. The Bertz CT molecular complexity index is 676. The normalized spacial score (nSPS) is 50.4. The second kappa shape index (κ2) is 7.33. The number of carbonyl (C=O) groups is 2. The summed E-state index contributed by atoms with van der Waals surface area (Å²) in [5.74, 6) is 0.775. The lowest BCUT2D eigenvalue weighted by Crippen LogP contribution is -2.61. The van der Waals surface area contributed by atoms with Gasteiger partial charge in [0.15, 0.2) is 0 Å². The molecule has 164 valence electrons. The number of hydrogen-bond acceptors (Lipinski definition) is 4. The molecule has 2 unspecified atom stereocenters. The number of hydrogen-bond donors (Lipinski definition) is 3. The number of aliphatic hydroxyl groups excluding tert-OH is 2. The van der Waals surface area contributed by atoms with Gasteiger partial charge in [0.25, 0.3) is 0 Å². The Morgan fingerprint density at radius 2 is 1.86 bits per heavy atom. The van der Waals surface area contributed by atoms with Gasteiger partial charge in [0.2, 0.25) is 0 Å². The monoisotopic (exact) mass is 406 g/mol. The second-order valence-electron chi connectivity index (χ2n) is 11.3. The van der Waals surface area contributed by atoms with Crippen molar-refractivity contribution in [3.63, 3.8) is 0 Å². The summed E-state index contributed by atoms with van der Waals surface area (Å²) >= 11 is 0. The molecule has 4 fully saturated rings. The molecule has 10 atom stereocenters. The molecule has 0 saturated heterocycles. The van der Waals surface area contributed by atoms with E-state index in [1.54, 1.807) is 0 Å². The molecular formula is C24H38O5. The summed E-state index contributed by atoms with van der Waals surface area (Å²) in [5.41, 5.74) is -0.265. The topological polar surface area (TPSA) is 94.8 Å². The van der Waals surface area contributed by atoms with Crippen LogP contribution in [0.15, 0.2) is 0 Å². The SMILES string of the molecule is CC(CCC(=O)O)[C@H]1CC[C@H]2[C@@H]3C(=O)CC4C[C@H](O)CC[C@]4(C)[C@H]3C[C@H](O)[C@]12C. The van der Waals surface area contributed by atoms with Crippen molar-refractivity contribution in [2.45, 2.75) is 90.8 Å². The fraction of sp³-hybridized carbons (Fsp3) is 0.917. The van der Waals surface area contributed by atoms with E-state index < -0.39 is 12.1 Å². The van der Waals surface area contributed by atoms with Crippen molar-refractivity contribution in [1.29, 1.82) is 0 Å². The van der Waals surface area contributed by atoms with E-state index in [4.69, 9.17) is 5.11 Å². The summed E-state index contributed by atoms with van der Waals surface area (Å²) in [6, 6.07) is 0. The summed E-state index contributed by atoms with van der Waals surface area (Å²) in [5, 5.41) is 30.7. The van der Waals surface area contributed by atoms with E-state index in [-0.39, 0.29) is 58.9 Å². The first-order valence-electron chi connectivity index (χ1n) is 11.7. The summed E-state index contributed by atoms with van der Waals surface area (Å²) in [4.78, 5) is 24.4. The van der Waals surface area contributed by atoms with Gasteiger partial charge in [-0.3, -0.25) is 9.59 Å². The van der Waals surface area contributed by atoms with Gasteiger partial charge in [0.1, 0.15) is 5.78 Å². The number of rotatable bonds is 4. The molecule has 0 aliphatic heterocycles. The Hall–Kier alpha value is -0.940. The lowest BCUT2D eigenvalue weighted by Gasteiger charge is -2.61. The summed E-state index contributed by atoms with van der Waals surface area (Å²) in [7, 11) is 0. The van der Waals surface area contributed by atoms with E-state index in [2.05, 4.69) is 20.8 Å². The highest BCUT2D eigenvalue weighted by Crippen LogP contribution is 2.67. The standard InChI is InChI=1S/C24H38O5/c1-13(4-7-21(28)29)16-5-6-17-22-18(12-20(27)24(16,17)3)23(2)9-8-15(25)10-14(23)11-19(22)26/h13-18,20,22,25,27H,4-12H2,1-3H3,(H,28,29)/t13?,14?,15-,16-,17+,18+,20+,22+,23+,24-/m1/s1. The second-order valence-corrected chi connectivity index (χ2v) is 11.3. The van der Waals surface area contributed by atoms with E-state index in [1.807, 2.05) is 0 Å². The maximum Gasteiger partial charge on any atom is 0.303 e. The van der Waals surface area contributed by atoms with E-state index in [9.17, 15) is 19.8 Å². The number of carboxylic acid groups (broad SMARTS) is 1. The van der Waals surface area contributed by atoms with Crippen LogP contribution in [0.2, 0.25) is 0 Å². The number of fused-ring (bicyclic) bond motifs is 5. The maximum atomic E-state index is 13.4. The molecule has 29 heavy (non-hydrogen) atoms.